The minimum atomic E-state index is -0.862. The van der Waals surface area contributed by atoms with E-state index in [0.717, 1.165) is 115 Å². The Morgan fingerprint density at radius 3 is 2.40 bits per heavy atom. The van der Waals surface area contributed by atoms with Gasteiger partial charge in [-0.25, -0.2) is 14.2 Å². The first-order chi connectivity index (χ1) is 41.6. The number of piperazine rings is 1. The zero-order chi connectivity index (χ0) is 60.2. The molecule has 456 valence electrons. The third kappa shape index (κ3) is 13.1. The van der Waals surface area contributed by atoms with Crippen molar-refractivity contribution in [3.63, 3.8) is 0 Å². The first kappa shape index (κ1) is 60.2. The van der Waals surface area contributed by atoms with Gasteiger partial charge in [-0.2, -0.15) is 9.97 Å². The van der Waals surface area contributed by atoms with Crippen LogP contribution >= 0.6 is 11.3 Å². The molecule has 86 heavy (non-hydrogen) atoms. The van der Waals surface area contributed by atoms with Crippen molar-refractivity contribution in [2.45, 2.75) is 129 Å². The topological polar surface area (TPSA) is 216 Å². The molecule has 4 aliphatic heterocycles. The van der Waals surface area contributed by atoms with E-state index in [1.165, 1.54) is 4.90 Å². The van der Waals surface area contributed by atoms with Crippen molar-refractivity contribution >= 4 is 62.6 Å². The number of aryl methyl sites for hydroxylation is 2. The quantitative estimate of drug-likeness (QED) is 0.0820. The lowest BCUT2D eigenvalue weighted by atomic mass is 9.91. The predicted octanol–water partition coefficient (Wildman–Crippen LogP) is 10.5. The number of likely N-dealkylation sites (N-methyl/N-ethyl adjacent to an activating group) is 1. The van der Waals surface area contributed by atoms with Crippen LogP contribution in [0.25, 0.3) is 43.4 Å². The third-order valence-corrected chi connectivity index (χ3v) is 19.0. The Bertz CT molecular complexity index is 3530. The van der Waals surface area contributed by atoms with Crippen LogP contribution in [0.3, 0.4) is 0 Å². The van der Waals surface area contributed by atoms with E-state index in [2.05, 4.69) is 39.2 Å². The van der Waals surface area contributed by atoms with Crippen molar-refractivity contribution in [3.05, 3.63) is 101 Å². The largest absolute Gasteiger partial charge is 0.508 e. The fourth-order valence-corrected chi connectivity index (χ4v) is 13.8. The number of pyridine rings is 1. The molecule has 11 rings (SSSR count). The number of likely N-dealkylation sites (tertiary alicyclic amines) is 2. The van der Waals surface area contributed by atoms with Crippen molar-refractivity contribution < 1.29 is 43.0 Å². The molecule has 4 aliphatic rings. The van der Waals surface area contributed by atoms with Gasteiger partial charge in [-0.1, -0.05) is 81.2 Å². The summed E-state index contributed by atoms with van der Waals surface area (Å²) in [6, 6.07) is 17.8. The number of carbonyl (C=O) groups excluding carboxylic acids is 3. The molecule has 6 atom stereocenters. The number of carbonyl (C=O) groups is 3. The van der Waals surface area contributed by atoms with Crippen LogP contribution in [0.1, 0.15) is 120 Å². The minimum absolute atomic E-state index is 0.0128. The highest BCUT2D eigenvalue weighted by Crippen LogP contribution is 2.40. The summed E-state index contributed by atoms with van der Waals surface area (Å²) < 4.78 is 35.6. The summed E-state index contributed by atoms with van der Waals surface area (Å²) in [6.07, 6.45) is 8.91. The Labute approximate surface area is 505 Å². The van der Waals surface area contributed by atoms with Crippen molar-refractivity contribution in [2.24, 2.45) is 11.8 Å². The number of aromatic hydroxyl groups is 1. The number of hydrogen-bond acceptors (Lipinski definition) is 17. The van der Waals surface area contributed by atoms with Crippen LogP contribution < -0.4 is 19.9 Å². The predicted molar refractivity (Wildman–Crippen MR) is 330 cm³/mol. The van der Waals surface area contributed by atoms with Gasteiger partial charge in [0, 0.05) is 76.1 Å². The summed E-state index contributed by atoms with van der Waals surface area (Å²) in [6.45, 7) is 14.5. The third-order valence-electron chi connectivity index (χ3n) is 18.0. The highest BCUT2D eigenvalue weighted by Gasteiger charge is 2.44. The lowest BCUT2D eigenvalue weighted by molar-refractivity contribution is -0.141. The lowest BCUT2D eigenvalue weighted by Gasteiger charge is -2.35. The molecule has 4 aromatic heterocycles. The van der Waals surface area contributed by atoms with Crippen molar-refractivity contribution in [1.82, 2.24) is 45.1 Å². The molecular weight excluding hydrogens is 1110 g/mol. The van der Waals surface area contributed by atoms with Crippen LogP contribution in [-0.4, -0.2) is 159 Å². The number of rotatable bonds is 16. The molecule has 4 fully saturated rings. The number of phenolic OH excluding ortho intramolecular Hbond substituents is 1. The molecule has 0 aliphatic carbocycles. The Kier molecular flexibility index (Phi) is 18.6. The van der Waals surface area contributed by atoms with Crippen LogP contribution in [0.5, 0.6) is 11.8 Å². The summed E-state index contributed by atoms with van der Waals surface area (Å²) in [4.78, 5) is 71.6. The molecule has 0 spiro atoms. The Morgan fingerprint density at radius 1 is 0.884 bits per heavy atom. The number of thiazole rings is 1. The normalized spacial score (nSPS) is 20.7. The van der Waals surface area contributed by atoms with E-state index >= 15 is 4.39 Å². The van der Waals surface area contributed by atoms with Gasteiger partial charge in [-0.3, -0.25) is 14.6 Å². The molecule has 21 heteroatoms. The molecule has 2 unspecified atom stereocenters. The maximum absolute atomic E-state index is 17.2. The number of aliphatic hydroxyl groups is 1. The van der Waals surface area contributed by atoms with E-state index in [4.69, 9.17) is 28.9 Å². The highest BCUT2D eigenvalue weighted by atomic mass is 32.1. The molecule has 0 bridgehead atoms. The van der Waals surface area contributed by atoms with Gasteiger partial charge in [0.05, 0.1) is 40.2 Å². The zero-order valence-corrected chi connectivity index (χ0v) is 51.0. The van der Waals surface area contributed by atoms with Gasteiger partial charge in [-0.15, -0.1) is 11.3 Å². The lowest BCUT2D eigenvalue weighted by Crippen LogP contribution is -2.50. The number of nitrogens with zero attached hydrogens (tertiary/aromatic N) is 10. The van der Waals surface area contributed by atoms with E-state index in [1.807, 2.05) is 80.6 Å². The van der Waals surface area contributed by atoms with E-state index in [0.29, 0.717) is 61.1 Å². The van der Waals surface area contributed by atoms with Gasteiger partial charge in [0.25, 0.3) is 0 Å². The molecule has 8 heterocycles. The molecule has 4 saturated heterocycles. The molecule has 19 nitrogen and oxygen atoms in total. The van der Waals surface area contributed by atoms with E-state index in [-0.39, 0.29) is 84.4 Å². The van der Waals surface area contributed by atoms with Gasteiger partial charge < -0.3 is 54.0 Å². The number of halogens is 1. The second-order valence-corrected chi connectivity index (χ2v) is 25.0. The number of amides is 3. The van der Waals surface area contributed by atoms with Crippen LogP contribution in [0.15, 0.2) is 76.9 Å². The minimum Gasteiger partial charge on any atom is -0.508 e. The Morgan fingerprint density at radius 2 is 1.66 bits per heavy atom. The van der Waals surface area contributed by atoms with E-state index < -0.39 is 23.9 Å². The first-order valence-corrected chi connectivity index (χ1v) is 31.6. The number of hydrogen-bond donors (Lipinski definition) is 3. The molecule has 3 amide bonds. The second-order valence-electron chi connectivity index (χ2n) is 24.2. The van der Waals surface area contributed by atoms with Crippen molar-refractivity contribution in [3.8, 4) is 33.5 Å². The van der Waals surface area contributed by atoms with Crippen LogP contribution in [0, 0.1) is 24.6 Å². The summed E-state index contributed by atoms with van der Waals surface area (Å²) in [5.41, 5.74) is 6.55. The number of ether oxygens (including phenoxy) is 2. The summed E-state index contributed by atoms with van der Waals surface area (Å²) in [7, 11) is 2.07. The maximum Gasteiger partial charge on any atom is 0.409 e. The standard InChI is InChI=1S/C65H80FN11O8S/c1-7-43-15-12-16-46-30-48(78)31-50(56(43)46)58-57(66)59-51(34-67-58)61(75-24-10-8-9-11-25-75)71-64(70-59)83-36-42-14-13-23-73(6)47(22-17-42)37-84-65(82)76-28-26-74(27-29-76)54-33-53(85-72-54)55(39(2)3)63(81)77-35-49(79)32-52(77)62(80)69-40(4)44-18-20-45(21-19-44)60-41(5)68-38-86-60/h12,15-16,18-21,30-31,33-34,38-40,42,47,49,52,55,78-79H,7-11,13-14,17,22-29,32,35-37H2,1-6H3,(H,69,80)/t40-,42-,47+,49?,52-,55?/m0/s1. The van der Waals surface area contributed by atoms with Gasteiger partial charge in [0.2, 0.25) is 11.8 Å². The number of β-amino-alcohol motifs (C(OH)–C–C–N with tert-alkyl or cyclic N) is 1. The van der Waals surface area contributed by atoms with Crippen LogP contribution in [0.2, 0.25) is 0 Å². The molecule has 0 saturated carbocycles. The maximum atomic E-state index is 17.2. The molecular formula is C65H80FN11O8S. The number of fused-ring (bicyclic) bond motifs is 2. The van der Waals surface area contributed by atoms with E-state index in [1.54, 1.807) is 40.6 Å². The number of nitrogens with one attached hydrogen (secondary N) is 1. The summed E-state index contributed by atoms with van der Waals surface area (Å²) >= 11 is 1.58. The molecule has 0 radical (unpaired) electrons. The number of aliphatic hydroxyl groups excluding tert-OH is 1. The van der Waals surface area contributed by atoms with Gasteiger partial charge in [0.1, 0.15) is 41.3 Å². The number of benzene rings is 3. The molecule has 3 N–H and O–H groups in total. The average molecular weight is 1190 g/mol. The van der Waals surface area contributed by atoms with Gasteiger partial charge in [-0.05, 0) is 124 Å². The number of aromatic nitrogens is 5. The van der Waals surface area contributed by atoms with Gasteiger partial charge >= 0.3 is 12.1 Å². The second kappa shape index (κ2) is 26.6. The fraction of sp³-hybridized carbons (Fsp3) is 0.508. The fourth-order valence-electron chi connectivity index (χ4n) is 13.0. The average Bonchev–Trinajstić information content (AvgIpc) is 1.26. The monoisotopic (exact) mass is 1190 g/mol. The highest BCUT2D eigenvalue weighted by molar-refractivity contribution is 7.13. The Balaban J connectivity index is 0.686. The summed E-state index contributed by atoms with van der Waals surface area (Å²) in [5, 5.41) is 31.3. The van der Waals surface area contributed by atoms with Crippen LogP contribution in [0.4, 0.5) is 20.8 Å². The zero-order valence-electron chi connectivity index (χ0n) is 50.2. The van der Waals surface area contributed by atoms with E-state index in [9.17, 15) is 24.6 Å². The van der Waals surface area contributed by atoms with Crippen molar-refractivity contribution in [2.75, 3.05) is 82.4 Å². The van der Waals surface area contributed by atoms with Gasteiger partial charge in [0.15, 0.2) is 17.4 Å². The first-order valence-electron chi connectivity index (χ1n) is 30.7. The summed E-state index contributed by atoms with van der Waals surface area (Å²) in [5.74, 6) is -0.472. The van der Waals surface area contributed by atoms with Crippen molar-refractivity contribution in [1.29, 1.82) is 0 Å². The van der Waals surface area contributed by atoms with Crippen LogP contribution in [-0.2, 0) is 20.7 Å². The molecule has 3 aromatic carbocycles. The Hall–Kier alpha value is -7.49. The smallest absolute Gasteiger partial charge is 0.409 e. The SMILES string of the molecule is CCc1cccc2cc(O)cc(-c3ncc4c(N5CCCCCC5)nc(OC[C@H]5CCCN(C)[C@@H](COC(=O)N6CCN(c7cc(C(C(=O)N8CC(O)C[C@H]8C(=O)N[C@@H](C)c8ccc(-c9scnc9C)cc8)C(C)C)on7)CC6)CC5)nc4c3F)c12. The number of anilines is 2. The number of phenols is 1. The molecule has 7 aromatic rings.